The Morgan fingerprint density at radius 2 is 1.95 bits per heavy atom. The molecule has 21 heavy (non-hydrogen) atoms. The third-order valence-corrected chi connectivity index (χ3v) is 4.03. The van der Waals surface area contributed by atoms with E-state index in [2.05, 4.69) is 5.32 Å². The van der Waals surface area contributed by atoms with Gasteiger partial charge in [0.1, 0.15) is 11.6 Å². The summed E-state index contributed by atoms with van der Waals surface area (Å²) in [5, 5.41) is 2.39. The Kier molecular flexibility index (Phi) is 3.64. The van der Waals surface area contributed by atoms with Crippen LogP contribution in [0.25, 0.3) is 0 Å². The fraction of sp³-hybridized carbons (Fsp3) is 0.188. The summed E-state index contributed by atoms with van der Waals surface area (Å²) < 4.78 is 26.8. The molecular formula is C16H12ClF2NO. The second-order valence-electron chi connectivity index (χ2n) is 4.99. The van der Waals surface area contributed by atoms with Gasteiger partial charge in [-0.1, -0.05) is 24.3 Å². The van der Waals surface area contributed by atoms with Crippen molar-refractivity contribution in [3.05, 3.63) is 70.8 Å². The summed E-state index contributed by atoms with van der Waals surface area (Å²) in [6.45, 7) is 0. The summed E-state index contributed by atoms with van der Waals surface area (Å²) in [6.07, 6.45) is 0.633. The van der Waals surface area contributed by atoms with E-state index in [1.807, 2.05) is 24.3 Å². The normalized spacial score (nSPS) is 20.1. The van der Waals surface area contributed by atoms with Crippen molar-refractivity contribution in [1.29, 1.82) is 0 Å². The molecule has 0 saturated heterocycles. The lowest BCUT2D eigenvalue weighted by atomic mass is 10.1. The fourth-order valence-corrected chi connectivity index (χ4v) is 2.97. The van der Waals surface area contributed by atoms with E-state index >= 15 is 0 Å². The Bertz CT molecular complexity index is 704. The molecule has 0 heterocycles. The smallest absolute Gasteiger partial charge is 0.254 e. The third-order valence-electron chi connectivity index (χ3n) is 3.63. The molecular weight excluding hydrogens is 296 g/mol. The highest BCUT2D eigenvalue weighted by molar-refractivity contribution is 6.21. The zero-order valence-electron chi connectivity index (χ0n) is 10.9. The predicted octanol–water partition coefficient (Wildman–Crippen LogP) is 3.60. The van der Waals surface area contributed by atoms with E-state index < -0.39 is 23.6 Å². The molecule has 1 amide bonds. The van der Waals surface area contributed by atoms with Crippen molar-refractivity contribution >= 4 is 17.5 Å². The van der Waals surface area contributed by atoms with Gasteiger partial charge >= 0.3 is 0 Å². The van der Waals surface area contributed by atoms with Gasteiger partial charge in [0.25, 0.3) is 5.91 Å². The summed E-state index contributed by atoms with van der Waals surface area (Å²) in [6, 6.07) is 9.97. The predicted molar refractivity (Wildman–Crippen MR) is 76.4 cm³/mol. The van der Waals surface area contributed by atoms with E-state index in [0.717, 1.165) is 29.3 Å². The molecule has 1 aliphatic carbocycles. The minimum atomic E-state index is -0.758. The van der Waals surface area contributed by atoms with Gasteiger partial charge in [0.2, 0.25) is 0 Å². The van der Waals surface area contributed by atoms with Gasteiger partial charge in [-0.2, -0.15) is 0 Å². The van der Waals surface area contributed by atoms with Crippen molar-refractivity contribution < 1.29 is 13.6 Å². The Morgan fingerprint density at radius 1 is 1.19 bits per heavy atom. The SMILES string of the molecule is O=C(NC1c2ccccc2CC1Cl)c1cc(F)ccc1F. The van der Waals surface area contributed by atoms with Crippen molar-refractivity contribution in [3.8, 4) is 0 Å². The van der Waals surface area contributed by atoms with Crippen molar-refractivity contribution in [2.75, 3.05) is 0 Å². The molecule has 2 atom stereocenters. The van der Waals surface area contributed by atoms with Crippen LogP contribution in [0.4, 0.5) is 8.78 Å². The Labute approximate surface area is 125 Å². The van der Waals surface area contributed by atoms with Gasteiger partial charge in [0, 0.05) is 0 Å². The molecule has 1 aliphatic rings. The Balaban J connectivity index is 1.87. The molecule has 0 radical (unpaired) electrons. The highest BCUT2D eigenvalue weighted by atomic mass is 35.5. The lowest BCUT2D eigenvalue weighted by Crippen LogP contribution is -2.32. The summed E-state index contributed by atoms with van der Waals surface area (Å²) in [5.41, 5.74) is 1.66. The van der Waals surface area contributed by atoms with Crippen LogP contribution in [0.1, 0.15) is 27.5 Å². The van der Waals surface area contributed by atoms with Crippen LogP contribution in [0, 0.1) is 11.6 Å². The van der Waals surface area contributed by atoms with E-state index in [0.29, 0.717) is 6.42 Å². The van der Waals surface area contributed by atoms with Crippen molar-refractivity contribution in [2.24, 2.45) is 0 Å². The molecule has 2 aromatic carbocycles. The number of carbonyl (C=O) groups is 1. The first-order valence-electron chi connectivity index (χ1n) is 6.54. The fourth-order valence-electron chi connectivity index (χ4n) is 2.60. The molecule has 0 fully saturated rings. The monoisotopic (exact) mass is 307 g/mol. The maximum Gasteiger partial charge on any atom is 0.254 e. The summed E-state index contributed by atoms with van der Waals surface area (Å²) in [7, 11) is 0. The van der Waals surface area contributed by atoms with E-state index in [9.17, 15) is 13.6 Å². The number of nitrogens with one attached hydrogen (secondary N) is 1. The quantitative estimate of drug-likeness (QED) is 0.844. The molecule has 5 heteroatoms. The van der Waals surface area contributed by atoms with Gasteiger partial charge < -0.3 is 5.32 Å². The summed E-state index contributed by atoms with van der Waals surface area (Å²) in [5.74, 6) is -2.08. The number of benzene rings is 2. The Hall–Kier alpha value is -1.94. The molecule has 1 N–H and O–H groups in total. The topological polar surface area (TPSA) is 29.1 Å². The molecule has 108 valence electrons. The van der Waals surface area contributed by atoms with E-state index in [4.69, 9.17) is 11.6 Å². The minimum absolute atomic E-state index is 0.303. The van der Waals surface area contributed by atoms with Crippen LogP contribution in [0.2, 0.25) is 0 Å². The standard InChI is InChI=1S/C16H12ClF2NO/c17-13-7-9-3-1-2-4-11(9)15(13)20-16(21)12-8-10(18)5-6-14(12)19/h1-6,8,13,15H,7H2,(H,20,21). The van der Waals surface area contributed by atoms with Gasteiger partial charge in [-0.15, -0.1) is 11.6 Å². The first-order valence-corrected chi connectivity index (χ1v) is 6.97. The van der Waals surface area contributed by atoms with Crippen LogP contribution < -0.4 is 5.32 Å². The molecule has 0 spiro atoms. The molecule has 0 bridgehead atoms. The highest BCUT2D eigenvalue weighted by Crippen LogP contribution is 2.34. The molecule has 2 aromatic rings. The molecule has 0 aliphatic heterocycles. The molecule has 2 unspecified atom stereocenters. The molecule has 0 aromatic heterocycles. The first kappa shape index (κ1) is 14.0. The zero-order valence-corrected chi connectivity index (χ0v) is 11.7. The number of rotatable bonds is 2. The second-order valence-corrected chi connectivity index (χ2v) is 5.55. The number of alkyl halides is 1. The molecule has 2 nitrogen and oxygen atoms in total. The third kappa shape index (κ3) is 2.63. The minimum Gasteiger partial charge on any atom is -0.344 e. The average molecular weight is 308 g/mol. The van der Waals surface area contributed by atoms with Gasteiger partial charge in [0.15, 0.2) is 0 Å². The lowest BCUT2D eigenvalue weighted by molar-refractivity contribution is 0.0932. The number of hydrogen-bond acceptors (Lipinski definition) is 1. The second kappa shape index (κ2) is 5.45. The highest BCUT2D eigenvalue weighted by Gasteiger charge is 2.32. The van der Waals surface area contributed by atoms with Crippen LogP contribution in [-0.4, -0.2) is 11.3 Å². The van der Waals surface area contributed by atoms with E-state index in [-0.39, 0.29) is 10.9 Å². The van der Waals surface area contributed by atoms with E-state index in [1.54, 1.807) is 0 Å². The number of fused-ring (bicyclic) bond motifs is 1. The van der Waals surface area contributed by atoms with Crippen LogP contribution in [-0.2, 0) is 6.42 Å². The van der Waals surface area contributed by atoms with Crippen LogP contribution in [0.5, 0.6) is 0 Å². The van der Waals surface area contributed by atoms with Crippen molar-refractivity contribution in [2.45, 2.75) is 17.8 Å². The van der Waals surface area contributed by atoms with Gasteiger partial charge in [0.05, 0.1) is 17.0 Å². The first-order chi connectivity index (χ1) is 10.1. The molecule has 0 saturated carbocycles. The van der Waals surface area contributed by atoms with Crippen LogP contribution in [0.3, 0.4) is 0 Å². The van der Waals surface area contributed by atoms with Crippen LogP contribution >= 0.6 is 11.6 Å². The largest absolute Gasteiger partial charge is 0.344 e. The van der Waals surface area contributed by atoms with Gasteiger partial charge in [-0.25, -0.2) is 8.78 Å². The number of hydrogen-bond donors (Lipinski definition) is 1. The lowest BCUT2D eigenvalue weighted by Gasteiger charge is -2.17. The maximum atomic E-state index is 13.6. The van der Waals surface area contributed by atoms with Crippen molar-refractivity contribution in [1.82, 2.24) is 5.32 Å². The zero-order chi connectivity index (χ0) is 15.0. The van der Waals surface area contributed by atoms with Crippen molar-refractivity contribution in [3.63, 3.8) is 0 Å². The Morgan fingerprint density at radius 3 is 2.76 bits per heavy atom. The summed E-state index contributed by atoms with van der Waals surface area (Å²) >= 11 is 6.26. The molecule has 3 rings (SSSR count). The van der Waals surface area contributed by atoms with Crippen LogP contribution in [0.15, 0.2) is 42.5 Å². The maximum absolute atomic E-state index is 13.6. The van der Waals surface area contributed by atoms with Gasteiger partial charge in [-0.3, -0.25) is 4.79 Å². The summed E-state index contributed by atoms with van der Waals surface area (Å²) in [4.78, 5) is 12.2. The average Bonchev–Trinajstić information content (AvgIpc) is 2.78. The van der Waals surface area contributed by atoms with Gasteiger partial charge in [-0.05, 0) is 35.7 Å². The number of amides is 1. The van der Waals surface area contributed by atoms with E-state index in [1.165, 1.54) is 0 Å². The number of carbonyl (C=O) groups excluding carboxylic acids is 1. The number of halogens is 3.